The van der Waals surface area contributed by atoms with E-state index in [-0.39, 0.29) is 11.1 Å². The van der Waals surface area contributed by atoms with Crippen molar-refractivity contribution in [2.45, 2.75) is 19.3 Å². The van der Waals surface area contributed by atoms with Gasteiger partial charge in [-0.15, -0.1) is 0 Å². The molecule has 0 heterocycles. The average Bonchev–Trinajstić information content (AvgIpc) is 2.30. The van der Waals surface area contributed by atoms with Crippen LogP contribution in [0.1, 0.15) is 19.3 Å². The molecular weight excluding hydrogens is 274 g/mol. The lowest BCUT2D eigenvalue weighted by Crippen LogP contribution is -2.37. The number of halogens is 1. The second-order valence-electron chi connectivity index (χ2n) is 4.67. The van der Waals surface area contributed by atoms with Crippen LogP contribution in [0.2, 0.25) is 5.02 Å². The predicted molar refractivity (Wildman–Crippen MR) is 73.7 cm³/mol. The molecule has 0 aromatic heterocycles. The Labute approximate surface area is 116 Å². The largest absolute Gasteiger partial charge is 0.491 e. The summed E-state index contributed by atoms with van der Waals surface area (Å²) in [6, 6.07) is 4.23. The fourth-order valence-corrected chi connectivity index (χ4v) is 2.55. The van der Waals surface area contributed by atoms with E-state index in [1.807, 2.05) is 0 Å². The molecular formula is C12H14ClNO3S. The minimum atomic E-state index is -0.457. The quantitative estimate of drug-likeness (QED) is 0.510. The van der Waals surface area contributed by atoms with Crippen molar-refractivity contribution in [1.29, 1.82) is 0 Å². The Morgan fingerprint density at radius 1 is 1.50 bits per heavy atom. The molecule has 0 spiro atoms. The first-order valence-corrected chi connectivity index (χ1v) is 6.75. The van der Waals surface area contributed by atoms with Crippen molar-refractivity contribution in [1.82, 2.24) is 0 Å². The van der Waals surface area contributed by atoms with Crippen LogP contribution in [0, 0.1) is 15.5 Å². The molecule has 1 fully saturated rings. The topological polar surface area (TPSA) is 52.4 Å². The molecule has 0 radical (unpaired) electrons. The van der Waals surface area contributed by atoms with Gasteiger partial charge in [-0.2, -0.15) is 12.6 Å². The van der Waals surface area contributed by atoms with Gasteiger partial charge in [0.05, 0.1) is 22.6 Å². The molecule has 2 rings (SSSR count). The summed E-state index contributed by atoms with van der Waals surface area (Å²) in [5.41, 5.74) is 0.0970. The molecule has 0 unspecified atom stereocenters. The van der Waals surface area contributed by atoms with Gasteiger partial charge in [-0.1, -0.05) is 18.0 Å². The molecule has 98 valence electrons. The van der Waals surface area contributed by atoms with Crippen LogP contribution in [0.3, 0.4) is 0 Å². The van der Waals surface area contributed by atoms with Gasteiger partial charge in [0.1, 0.15) is 5.75 Å². The summed E-state index contributed by atoms with van der Waals surface area (Å²) in [5, 5.41) is 11.1. The van der Waals surface area contributed by atoms with E-state index in [4.69, 9.17) is 16.3 Å². The Bertz CT molecular complexity index is 457. The monoisotopic (exact) mass is 287 g/mol. The lowest BCUT2D eigenvalue weighted by atomic mass is 9.71. The van der Waals surface area contributed by atoms with Crippen LogP contribution in [0.25, 0.3) is 0 Å². The van der Waals surface area contributed by atoms with E-state index in [1.165, 1.54) is 24.6 Å². The summed E-state index contributed by atoms with van der Waals surface area (Å²) >= 11 is 10.3. The van der Waals surface area contributed by atoms with Crippen molar-refractivity contribution in [2.24, 2.45) is 5.41 Å². The van der Waals surface area contributed by atoms with Crippen LogP contribution in [0.15, 0.2) is 18.2 Å². The highest BCUT2D eigenvalue weighted by molar-refractivity contribution is 7.80. The van der Waals surface area contributed by atoms with Crippen molar-refractivity contribution in [2.75, 3.05) is 12.4 Å². The molecule has 1 aromatic rings. The molecule has 0 atom stereocenters. The summed E-state index contributed by atoms with van der Waals surface area (Å²) in [6.07, 6.45) is 3.36. The fraction of sp³-hybridized carbons (Fsp3) is 0.500. The summed E-state index contributed by atoms with van der Waals surface area (Å²) in [5.74, 6) is 1.14. The molecule has 0 aliphatic heterocycles. The van der Waals surface area contributed by atoms with Crippen LogP contribution in [0.5, 0.6) is 5.75 Å². The molecule has 0 N–H and O–H groups in total. The number of rotatable bonds is 5. The lowest BCUT2D eigenvalue weighted by Gasteiger charge is -2.40. The number of nitro benzene ring substituents is 1. The van der Waals surface area contributed by atoms with Gasteiger partial charge in [-0.3, -0.25) is 10.1 Å². The fourth-order valence-electron chi connectivity index (χ4n) is 1.97. The zero-order valence-electron chi connectivity index (χ0n) is 9.76. The number of hydrogen-bond acceptors (Lipinski definition) is 4. The van der Waals surface area contributed by atoms with E-state index in [0.29, 0.717) is 17.4 Å². The van der Waals surface area contributed by atoms with E-state index < -0.39 is 4.92 Å². The summed E-state index contributed by atoms with van der Waals surface area (Å²) in [4.78, 5) is 10.2. The molecule has 18 heavy (non-hydrogen) atoms. The third-order valence-electron chi connectivity index (χ3n) is 3.41. The third kappa shape index (κ3) is 2.72. The van der Waals surface area contributed by atoms with Gasteiger partial charge in [-0.25, -0.2) is 0 Å². The molecule has 0 amide bonds. The van der Waals surface area contributed by atoms with Gasteiger partial charge in [0.15, 0.2) is 0 Å². The molecule has 6 heteroatoms. The number of nitrogens with zero attached hydrogens (tertiary/aromatic N) is 1. The molecule has 1 saturated carbocycles. The minimum Gasteiger partial charge on any atom is -0.491 e. The van der Waals surface area contributed by atoms with Crippen LogP contribution < -0.4 is 4.74 Å². The van der Waals surface area contributed by atoms with Crippen molar-refractivity contribution in [3.63, 3.8) is 0 Å². The highest BCUT2D eigenvalue weighted by atomic mass is 35.5. The van der Waals surface area contributed by atoms with Crippen LogP contribution in [-0.4, -0.2) is 17.3 Å². The maximum atomic E-state index is 10.7. The summed E-state index contributed by atoms with van der Waals surface area (Å²) in [7, 11) is 0. The SMILES string of the molecule is O=[N+]([O-])c1ccc(Cl)c(OCC2(CS)CCC2)c1. The van der Waals surface area contributed by atoms with Crippen molar-refractivity contribution < 1.29 is 9.66 Å². The molecule has 1 aliphatic carbocycles. The van der Waals surface area contributed by atoms with Crippen LogP contribution >= 0.6 is 24.2 Å². The van der Waals surface area contributed by atoms with E-state index >= 15 is 0 Å². The first-order valence-electron chi connectivity index (χ1n) is 5.74. The molecule has 4 nitrogen and oxygen atoms in total. The third-order valence-corrected chi connectivity index (χ3v) is 4.39. The lowest BCUT2D eigenvalue weighted by molar-refractivity contribution is -0.384. The predicted octanol–water partition coefficient (Wildman–Crippen LogP) is 3.73. The maximum absolute atomic E-state index is 10.7. The second-order valence-corrected chi connectivity index (χ2v) is 5.40. The first kappa shape index (κ1) is 13.5. The number of nitro groups is 1. The van der Waals surface area contributed by atoms with Crippen LogP contribution in [0.4, 0.5) is 5.69 Å². The Morgan fingerprint density at radius 2 is 2.22 bits per heavy atom. The van der Waals surface area contributed by atoms with Crippen molar-refractivity contribution in [3.05, 3.63) is 33.3 Å². The van der Waals surface area contributed by atoms with E-state index in [9.17, 15) is 10.1 Å². The van der Waals surface area contributed by atoms with E-state index in [2.05, 4.69) is 12.6 Å². The van der Waals surface area contributed by atoms with Gasteiger partial charge in [-0.05, 0) is 24.7 Å². The molecule has 0 saturated heterocycles. The van der Waals surface area contributed by atoms with Gasteiger partial charge in [0, 0.05) is 11.5 Å². The molecule has 1 aliphatic rings. The minimum absolute atomic E-state index is 0.0112. The Kier molecular flexibility index (Phi) is 4.02. The van der Waals surface area contributed by atoms with Gasteiger partial charge >= 0.3 is 0 Å². The van der Waals surface area contributed by atoms with Gasteiger partial charge in [0.2, 0.25) is 0 Å². The smallest absolute Gasteiger partial charge is 0.273 e. The van der Waals surface area contributed by atoms with Crippen LogP contribution in [-0.2, 0) is 0 Å². The zero-order chi connectivity index (χ0) is 13.2. The van der Waals surface area contributed by atoms with Crippen molar-refractivity contribution >= 4 is 29.9 Å². The Hall–Kier alpha value is -0.940. The maximum Gasteiger partial charge on any atom is 0.273 e. The number of ether oxygens (including phenoxy) is 1. The van der Waals surface area contributed by atoms with E-state index in [1.54, 1.807) is 0 Å². The molecule has 1 aromatic carbocycles. The van der Waals surface area contributed by atoms with Gasteiger partial charge in [0.25, 0.3) is 5.69 Å². The number of non-ortho nitro benzene ring substituents is 1. The van der Waals surface area contributed by atoms with Gasteiger partial charge < -0.3 is 4.74 Å². The first-order chi connectivity index (χ1) is 8.56. The molecule has 0 bridgehead atoms. The number of thiol groups is 1. The Balaban J connectivity index is 2.08. The average molecular weight is 288 g/mol. The highest BCUT2D eigenvalue weighted by Gasteiger charge is 2.36. The van der Waals surface area contributed by atoms with Crippen molar-refractivity contribution in [3.8, 4) is 5.75 Å². The summed E-state index contributed by atoms with van der Waals surface area (Å²) < 4.78 is 5.64. The zero-order valence-corrected chi connectivity index (χ0v) is 11.4. The normalized spacial score (nSPS) is 17.0. The summed E-state index contributed by atoms with van der Waals surface area (Å²) in [6.45, 7) is 0.511. The number of benzene rings is 1. The highest BCUT2D eigenvalue weighted by Crippen LogP contribution is 2.42. The number of hydrogen-bond donors (Lipinski definition) is 1. The standard InChI is InChI=1S/C12H14ClNO3S/c13-10-3-2-9(14(15)16)6-11(10)17-7-12(8-18)4-1-5-12/h2-3,6,18H,1,4-5,7-8H2. The second kappa shape index (κ2) is 5.36. The van der Waals surface area contributed by atoms with E-state index in [0.717, 1.165) is 18.6 Å². The Morgan fingerprint density at radius 3 is 2.72 bits per heavy atom.